The normalized spacial score (nSPS) is 10.8. The van der Waals surface area contributed by atoms with E-state index in [1.807, 2.05) is 48.5 Å². The third kappa shape index (κ3) is 4.88. The topological polar surface area (TPSA) is 106 Å². The van der Waals surface area contributed by atoms with Gasteiger partial charge in [0.2, 0.25) is 0 Å². The average Bonchev–Trinajstić information content (AvgIpc) is 2.87. The first kappa shape index (κ1) is 22.1. The van der Waals surface area contributed by atoms with Crippen molar-refractivity contribution < 1.29 is 14.6 Å². The minimum atomic E-state index is -0.582. The predicted molar refractivity (Wildman–Crippen MR) is 130 cm³/mol. The molecule has 0 aliphatic carbocycles. The molecule has 4 aromatic carbocycles. The molecule has 0 aliphatic rings. The summed E-state index contributed by atoms with van der Waals surface area (Å²) in [6, 6.07) is 28.6. The van der Waals surface area contributed by atoms with Crippen LogP contribution in [0.5, 0.6) is 11.5 Å². The first-order valence-corrected chi connectivity index (χ1v) is 10.4. The van der Waals surface area contributed by atoms with Gasteiger partial charge >= 0.3 is 0 Å². The smallest absolute Gasteiger partial charge is 0.266 e. The quantitative estimate of drug-likeness (QED) is 0.230. The molecule has 0 spiro atoms. The monoisotopic (exact) mass is 445 g/mol. The highest BCUT2D eigenvalue weighted by atomic mass is 16.5. The number of hydrogen-bond acceptors (Lipinski definition) is 5. The van der Waals surface area contributed by atoms with E-state index in [1.165, 1.54) is 18.2 Å². The largest absolute Gasteiger partial charge is 0.508 e. The van der Waals surface area contributed by atoms with Crippen molar-refractivity contribution in [3.8, 4) is 23.6 Å². The second-order valence-electron chi connectivity index (χ2n) is 7.43. The molecule has 164 valence electrons. The third-order valence-electron chi connectivity index (χ3n) is 5.23. The molecule has 0 saturated carbocycles. The second kappa shape index (κ2) is 10.0. The maximum Gasteiger partial charge on any atom is 0.266 e. The Hall–Kier alpha value is -5.07. The van der Waals surface area contributed by atoms with Gasteiger partial charge in [0.1, 0.15) is 29.7 Å². The van der Waals surface area contributed by atoms with E-state index < -0.39 is 5.91 Å². The summed E-state index contributed by atoms with van der Waals surface area (Å²) in [5.74, 6) is -0.0249. The molecule has 0 aliphatic heterocycles. The van der Waals surface area contributed by atoms with Gasteiger partial charge in [0, 0.05) is 16.8 Å². The molecule has 4 rings (SSSR count). The minimum absolute atomic E-state index is 0.0737. The zero-order valence-corrected chi connectivity index (χ0v) is 18.0. The number of benzene rings is 4. The molecule has 0 fully saturated rings. The molecular weight excluding hydrogens is 426 g/mol. The highest BCUT2D eigenvalue weighted by Crippen LogP contribution is 2.31. The zero-order chi connectivity index (χ0) is 23.9. The van der Waals surface area contributed by atoms with Crippen molar-refractivity contribution in [1.29, 1.82) is 10.5 Å². The third-order valence-corrected chi connectivity index (χ3v) is 5.23. The number of aromatic hydroxyl groups is 1. The molecule has 0 aromatic heterocycles. The summed E-state index contributed by atoms with van der Waals surface area (Å²) in [6.07, 6.45) is 1.50. The molecular formula is C28H19N3O3. The molecule has 0 unspecified atom stereocenters. The molecule has 0 heterocycles. The van der Waals surface area contributed by atoms with Crippen molar-refractivity contribution in [3.05, 3.63) is 107 Å². The second-order valence-corrected chi connectivity index (χ2v) is 7.43. The van der Waals surface area contributed by atoms with Crippen LogP contribution in [-0.4, -0.2) is 11.0 Å². The van der Waals surface area contributed by atoms with Gasteiger partial charge in [-0.3, -0.25) is 4.79 Å². The van der Waals surface area contributed by atoms with Gasteiger partial charge in [-0.15, -0.1) is 0 Å². The number of amides is 1. The summed E-state index contributed by atoms with van der Waals surface area (Å²) in [4.78, 5) is 12.8. The van der Waals surface area contributed by atoms with Crippen molar-refractivity contribution in [3.63, 3.8) is 0 Å². The van der Waals surface area contributed by atoms with Crippen molar-refractivity contribution in [2.45, 2.75) is 6.61 Å². The Kier molecular flexibility index (Phi) is 6.53. The van der Waals surface area contributed by atoms with E-state index in [0.29, 0.717) is 22.6 Å². The van der Waals surface area contributed by atoms with Crippen molar-refractivity contribution in [1.82, 2.24) is 0 Å². The summed E-state index contributed by atoms with van der Waals surface area (Å²) < 4.78 is 6.07. The predicted octanol–water partition coefficient (Wildman–Crippen LogP) is 5.54. The van der Waals surface area contributed by atoms with Gasteiger partial charge in [-0.05, 0) is 53.2 Å². The highest BCUT2D eigenvalue weighted by molar-refractivity contribution is 6.11. The molecule has 34 heavy (non-hydrogen) atoms. The Morgan fingerprint density at radius 3 is 2.44 bits per heavy atom. The minimum Gasteiger partial charge on any atom is -0.508 e. The van der Waals surface area contributed by atoms with Gasteiger partial charge in [-0.1, -0.05) is 48.5 Å². The molecule has 0 atom stereocenters. The Morgan fingerprint density at radius 1 is 0.941 bits per heavy atom. The van der Waals surface area contributed by atoms with Crippen LogP contribution in [0.25, 0.3) is 16.8 Å². The van der Waals surface area contributed by atoms with Crippen LogP contribution in [-0.2, 0) is 11.4 Å². The average molecular weight is 445 g/mol. The SMILES string of the molecule is N#CC(=Cc1c(OCc2ccccc2C#N)ccc2ccccc12)C(=O)Nc1ccc(O)cc1. The maximum atomic E-state index is 12.8. The first-order valence-electron chi connectivity index (χ1n) is 10.4. The summed E-state index contributed by atoms with van der Waals surface area (Å²) in [5.41, 5.74) is 2.19. The van der Waals surface area contributed by atoms with E-state index >= 15 is 0 Å². The number of nitrogens with zero attached hydrogens (tertiary/aromatic N) is 2. The maximum absolute atomic E-state index is 12.8. The molecule has 6 nitrogen and oxygen atoms in total. The van der Waals surface area contributed by atoms with E-state index in [2.05, 4.69) is 11.4 Å². The van der Waals surface area contributed by atoms with Crippen LogP contribution in [0.1, 0.15) is 16.7 Å². The first-order chi connectivity index (χ1) is 16.6. The summed E-state index contributed by atoms with van der Waals surface area (Å²) in [7, 11) is 0. The van der Waals surface area contributed by atoms with Crippen molar-refractivity contribution in [2.24, 2.45) is 0 Å². The number of fused-ring (bicyclic) bond motifs is 1. The van der Waals surface area contributed by atoms with Gasteiger partial charge in [-0.25, -0.2) is 0 Å². The van der Waals surface area contributed by atoms with Crippen molar-refractivity contribution >= 4 is 28.4 Å². The van der Waals surface area contributed by atoms with Gasteiger partial charge in [0.25, 0.3) is 5.91 Å². The number of phenols is 1. The van der Waals surface area contributed by atoms with E-state index in [-0.39, 0.29) is 17.9 Å². The molecule has 1 amide bonds. The number of hydrogen-bond donors (Lipinski definition) is 2. The number of phenolic OH excluding ortho intramolecular Hbond substituents is 1. The Morgan fingerprint density at radius 2 is 1.68 bits per heavy atom. The summed E-state index contributed by atoms with van der Waals surface area (Å²) in [6.45, 7) is 0.157. The lowest BCUT2D eigenvalue weighted by atomic mass is 10.0. The number of ether oxygens (including phenoxy) is 1. The van der Waals surface area contributed by atoms with Crippen LogP contribution in [0.2, 0.25) is 0 Å². The lowest BCUT2D eigenvalue weighted by molar-refractivity contribution is -0.112. The lowest BCUT2D eigenvalue weighted by Gasteiger charge is -2.13. The molecule has 6 heteroatoms. The molecule has 0 radical (unpaired) electrons. The highest BCUT2D eigenvalue weighted by Gasteiger charge is 2.14. The van der Waals surface area contributed by atoms with Crippen LogP contribution in [0.3, 0.4) is 0 Å². The number of carbonyl (C=O) groups is 1. The van der Waals surface area contributed by atoms with Gasteiger partial charge in [0.05, 0.1) is 11.6 Å². The van der Waals surface area contributed by atoms with E-state index in [9.17, 15) is 20.4 Å². The molecule has 0 saturated heterocycles. The summed E-state index contributed by atoms with van der Waals surface area (Å²) >= 11 is 0. The van der Waals surface area contributed by atoms with Crippen LogP contribution in [0.4, 0.5) is 5.69 Å². The van der Waals surface area contributed by atoms with Gasteiger partial charge in [-0.2, -0.15) is 10.5 Å². The van der Waals surface area contributed by atoms with Gasteiger partial charge < -0.3 is 15.2 Å². The molecule has 2 N–H and O–H groups in total. The Labute approximate surface area is 196 Å². The standard InChI is InChI=1S/C28H19N3O3/c29-16-20-6-1-2-7-21(20)18-34-27-14-9-19-5-3-4-8-25(19)26(27)15-22(17-30)28(33)31-23-10-12-24(32)13-11-23/h1-15,32H,18H2,(H,31,33). The number of rotatable bonds is 6. The fourth-order valence-electron chi connectivity index (χ4n) is 3.50. The fourth-order valence-corrected chi connectivity index (χ4v) is 3.50. The van der Waals surface area contributed by atoms with Gasteiger partial charge in [0.15, 0.2) is 0 Å². The van der Waals surface area contributed by atoms with E-state index in [0.717, 1.165) is 16.3 Å². The number of anilines is 1. The fraction of sp³-hybridized carbons (Fsp3) is 0.0357. The number of nitrogens with one attached hydrogen (secondary N) is 1. The van der Waals surface area contributed by atoms with Crippen molar-refractivity contribution in [2.75, 3.05) is 5.32 Å². The van der Waals surface area contributed by atoms with E-state index in [4.69, 9.17) is 4.74 Å². The van der Waals surface area contributed by atoms with Crippen LogP contribution < -0.4 is 10.1 Å². The lowest BCUT2D eigenvalue weighted by Crippen LogP contribution is -2.13. The van der Waals surface area contributed by atoms with E-state index in [1.54, 1.807) is 30.3 Å². The Bertz CT molecular complexity index is 1480. The number of nitriles is 2. The Balaban J connectivity index is 1.71. The summed E-state index contributed by atoms with van der Waals surface area (Å²) in [5, 5.41) is 32.9. The molecule has 0 bridgehead atoms. The number of carbonyl (C=O) groups excluding carboxylic acids is 1. The zero-order valence-electron chi connectivity index (χ0n) is 18.0. The molecule has 4 aromatic rings. The van der Waals surface area contributed by atoms with Crippen LogP contribution in [0, 0.1) is 22.7 Å². The van der Waals surface area contributed by atoms with Crippen LogP contribution >= 0.6 is 0 Å². The van der Waals surface area contributed by atoms with Crippen LogP contribution in [0.15, 0.2) is 90.5 Å².